The van der Waals surface area contributed by atoms with E-state index in [9.17, 15) is 14.7 Å². The van der Waals surface area contributed by atoms with E-state index in [2.05, 4.69) is 4.90 Å². The van der Waals surface area contributed by atoms with Crippen LogP contribution in [0.3, 0.4) is 0 Å². The minimum Gasteiger partial charge on any atom is -0.497 e. The van der Waals surface area contributed by atoms with Crippen LogP contribution in [0.4, 0.5) is 0 Å². The second kappa shape index (κ2) is 9.97. The molecular formula is C25H29N3O4. The number of ether oxygens (including phenoxy) is 1. The van der Waals surface area contributed by atoms with Crippen LogP contribution in [-0.4, -0.2) is 84.6 Å². The summed E-state index contributed by atoms with van der Waals surface area (Å²) in [4.78, 5) is 32.5. The van der Waals surface area contributed by atoms with Crippen molar-refractivity contribution in [2.24, 2.45) is 0 Å². The molecule has 1 saturated heterocycles. The summed E-state index contributed by atoms with van der Waals surface area (Å²) in [5.41, 5.74) is 2.80. The van der Waals surface area contributed by atoms with Crippen LogP contribution in [0, 0.1) is 0 Å². The van der Waals surface area contributed by atoms with Crippen LogP contribution in [0.25, 0.3) is 5.57 Å². The zero-order valence-corrected chi connectivity index (χ0v) is 18.4. The minimum absolute atomic E-state index is 0.120. The van der Waals surface area contributed by atoms with Gasteiger partial charge in [0, 0.05) is 39.3 Å². The van der Waals surface area contributed by atoms with Gasteiger partial charge in [-0.1, -0.05) is 42.5 Å². The fraction of sp³-hybridized carbons (Fsp3) is 0.360. The van der Waals surface area contributed by atoms with Gasteiger partial charge >= 0.3 is 0 Å². The maximum Gasteiger partial charge on any atom is 0.277 e. The molecule has 0 spiro atoms. The van der Waals surface area contributed by atoms with E-state index < -0.39 is 0 Å². The number of rotatable bonds is 8. The Hall–Kier alpha value is -3.16. The van der Waals surface area contributed by atoms with Gasteiger partial charge in [-0.15, -0.1) is 0 Å². The Bertz CT molecular complexity index is 980. The smallest absolute Gasteiger partial charge is 0.277 e. The molecule has 2 aromatic carbocycles. The van der Waals surface area contributed by atoms with Gasteiger partial charge in [0.15, 0.2) is 0 Å². The molecule has 0 unspecified atom stereocenters. The molecular weight excluding hydrogens is 406 g/mol. The standard InChI is InChI=1S/C25H29N3O4/c1-32-21-9-7-19(8-10-21)11-12-28-24(30)22(20-5-3-2-4-6-20)23(25(28)31)27-15-13-26(14-16-27)17-18-29/h2-10,29H,11-18H2,1H3. The summed E-state index contributed by atoms with van der Waals surface area (Å²) < 4.78 is 5.20. The number of β-amino-alcohol motifs (C(OH)–C–C–N with tert-alkyl or cyclic N) is 1. The van der Waals surface area contributed by atoms with Gasteiger partial charge in [0.2, 0.25) is 0 Å². The highest BCUT2D eigenvalue weighted by atomic mass is 16.5. The summed E-state index contributed by atoms with van der Waals surface area (Å²) in [5.74, 6) is 0.318. The molecule has 0 aromatic heterocycles. The molecule has 2 aromatic rings. The maximum atomic E-state index is 13.5. The summed E-state index contributed by atoms with van der Waals surface area (Å²) >= 11 is 0. The molecule has 2 amide bonds. The summed E-state index contributed by atoms with van der Waals surface area (Å²) in [6.07, 6.45) is 0.584. The molecule has 1 fully saturated rings. The van der Waals surface area contributed by atoms with Gasteiger partial charge in [-0.25, -0.2) is 0 Å². The van der Waals surface area contributed by atoms with Crippen molar-refractivity contribution >= 4 is 17.4 Å². The fourth-order valence-corrected chi connectivity index (χ4v) is 4.29. The Morgan fingerprint density at radius 1 is 0.875 bits per heavy atom. The van der Waals surface area contributed by atoms with E-state index in [0.29, 0.717) is 43.9 Å². The normalized spacial score (nSPS) is 17.4. The molecule has 2 aliphatic rings. The Labute approximate surface area is 188 Å². The molecule has 7 heteroatoms. The van der Waals surface area contributed by atoms with Crippen LogP contribution in [0.15, 0.2) is 60.3 Å². The molecule has 1 N–H and O–H groups in total. The first-order valence-electron chi connectivity index (χ1n) is 11.0. The first-order chi connectivity index (χ1) is 15.6. The van der Waals surface area contributed by atoms with Gasteiger partial charge in [0.1, 0.15) is 11.4 Å². The zero-order chi connectivity index (χ0) is 22.5. The lowest BCUT2D eigenvalue weighted by atomic mass is 10.0. The van der Waals surface area contributed by atoms with Gasteiger partial charge in [-0.05, 0) is 29.7 Å². The summed E-state index contributed by atoms with van der Waals surface area (Å²) in [7, 11) is 1.62. The molecule has 7 nitrogen and oxygen atoms in total. The van der Waals surface area contributed by atoms with Crippen molar-refractivity contribution in [2.45, 2.75) is 6.42 Å². The molecule has 32 heavy (non-hydrogen) atoms. The number of hydrogen-bond donors (Lipinski definition) is 1. The SMILES string of the molecule is COc1ccc(CCN2C(=O)C(c3ccccc3)=C(N3CCN(CCO)CC3)C2=O)cc1. The molecule has 168 valence electrons. The summed E-state index contributed by atoms with van der Waals surface area (Å²) in [6.45, 7) is 3.87. The van der Waals surface area contributed by atoms with Crippen molar-refractivity contribution in [3.63, 3.8) is 0 Å². The number of carbonyl (C=O) groups is 2. The van der Waals surface area contributed by atoms with E-state index in [4.69, 9.17) is 4.74 Å². The highest BCUT2D eigenvalue weighted by Crippen LogP contribution is 2.32. The number of aliphatic hydroxyl groups is 1. The molecule has 0 aliphatic carbocycles. The van der Waals surface area contributed by atoms with Gasteiger partial charge in [-0.2, -0.15) is 0 Å². The molecule has 0 radical (unpaired) electrons. The van der Waals surface area contributed by atoms with Crippen molar-refractivity contribution in [3.05, 3.63) is 71.4 Å². The number of imide groups is 1. The number of benzene rings is 2. The van der Waals surface area contributed by atoms with Crippen LogP contribution in [-0.2, 0) is 16.0 Å². The van der Waals surface area contributed by atoms with Gasteiger partial charge < -0.3 is 14.7 Å². The number of methoxy groups -OCH3 is 1. The summed E-state index contributed by atoms with van der Waals surface area (Å²) in [6, 6.07) is 17.1. The number of hydrogen-bond acceptors (Lipinski definition) is 6. The predicted octanol–water partition coefficient (Wildman–Crippen LogP) is 1.63. The average Bonchev–Trinajstić information content (AvgIpc) is 3.08. The lowest BCUT2D eigenvalue weighted by molar-refractivity contribution is -0.137. The van der Waals surface area contributed by atoms with E-state index in [1.807, 2.05) is 59.5 Å². The third kappa shape index (κ3) is 4.54. The van der Waals surface area contributed by atoms with Crippen molar-refractivity contribution in [1.82, 2.24) is 14.7 Å². The van der Waals surface area contributed by atoms with E-state index in [0.717, 1.165) is 30.0 Å². The molecule has 4 rings (SSSR count). The third-order valence-corrected chi connectivity index (χ3v) is 6.09. The molecule has 2 heterocycles. The quantitative estimate of drug-likeness (QED) is 0.636. The maximum absolute atomic E-state index is 13.5. The Kier molecular flexibility index (Phi) is 6.87. The second-order valence-electron chi connectivity index (χ2n) is 8.00. The third-order valence-electron chi connectivity index (χ3n) is 6.09. The van der Waals surface area contributed by atoms with E-state index in [-0.39, 0.29) is 18.4 Å². The Morgan fingerprint density at radius 3 is 2.19 bits per heavy atom. The highest BCUT2D eigenvalue weighted by Gasteiger charge is 2.41. The van der Waals surface area contributed by atoms with E-state index in [1.165, 1.54) is 4.90 Å². The van der Waals surface area contributed by atoms with E-state index in [1.54, 1.807) is 7.11 Å². The van der Waals surface area contributed by atoms with Gasteiger partial charge in [0.25, 0.3) is 11.8 Å². The molecule has 0 bridgehead atoms. The number of nitrogens with zero attached hydrogens (tertiary/aromatic N) is 3. The zero-order valence-electron chi connectivity index (χ0n) is 18.4. The fourth-order valence-electron chi connectivity index (χ4n) is 4.29. The van der Waals surface area contributed by atoms with Gasteiger partial charge in [0.05, 0.1) is 19.3 Å². The molecule has 2 aliphatic heterocycles. The van der Waals surface area contributed by atoms with Gasteiger partial charge in [-0.3, -0.25) is 19.4 Å². The number of amides is 2. The molecule has 0 saturated carbocycles. The minimum atomic E-state index is -0.234. The van der Waals surface area contributed by atoms with Crippen molar-refractivity contribution in [3.8, 4) is 5.75 Å². The lowest BCUT2D eigenvalue weighted by Gasteiger charge is -2.36. The largest absolute Gasteiger partial charge is 0.497 e. The van der Waals surface area contributed by atoms with Crippen molar-refractivity contribution < 1.29 is 19.4 Å². The number of aliphatic hydroxyl groups excluding tert-OH is 1. The van der Waals surface area contributed by atoms with E-state index >= 15 is 0 Å². The molecule has 0 atom stereocenters. The van der Waals surface area contributed by atoms with Crippen LogP contribution >= 0.6 is 0 Å². The first-order valence-corrected chi connectivity index (χ1v) is 11.0. The van der Waals surface area contributed by atoms with Crippen LogP contribution in [0.1, 0.15) is 11.1 Å². The monoisotopic (exact) mass is 435 g/mol. The van der Waals surface area contributed by atoms with Crippen molar-refractivity contribution in [2.75, 3.05) is 53.0 Å². The highest BCUT2D eigenvalue weighted by molar-refractivity contribution is 6.35. The summed E-state index contributed by atoms with van der Waals surface area (Å²) in [5, 5.41) is 9.20. The predicted molar refractivity (Wildman–Crippen MR) is 122 cm³/mol. The Balaban J connectivity index is 1.56. The topological polar surface area (TPSA) is 73.3 Å². The van der Waals surface area contributed by atoms with Crippen LogP contribution in [0.5, 0.6) is 5.75 Å². The van der Waals surface area contributed by atoms with Crippen molar-refractivity contribution in [1.29, 1.82) is 0 Å². The average molecular weight is 436 g/mol. The number of carbonyl (C=O) groups excluding carboxylic acids is 2. The Morgan fingerprint density at radius 2 is 1.56 bits per heavy atom. The van der Waals surface area contributed by atoms with Crippen LogP contribution in [0.2, 0.25) is 0 Å². The number of piperazine rings is 1. The first kappa shape index (κ1) is 22.0. The second-order valence-corrected chi connectivity index (χ2v) is 8.00. The van der Waals surface area contributed by atoms with Crippen LogP contribution < -0.4 is 4.74 Å². The lowest BCUT2D eigenvalue weighted by Crippen LogP contribution is -2.48.